The number of benzene rings is 2. The summed E-state index contributed by atoms with van der Waals surface area (Å²) < 4.78 is 0. The van der Waals surface area contributed by atoms with E-state index in [1.807, 2.05) is 72.8 Å². The minimum atomic E-state index is 0.751. The molecule has 0 radical (unpaired) electrons. The Labute approximate surface area is 120 Å². The van der Waals surface area contributed by atoms with Crippen molar-refractivity contribution in [1.29, 1.82) is 0 Å². The third-order valence-corrected chi connectivity index (χ3v) is 2.87. The zero-order valence-electron chi connectivity index (χ0n) is 11.4. The summed E-state index contributed by atoms with van der Waals surface area (Å²) in [5.74, 6) is 0. The second-order valence-electron chi connectivity index (χ2n) is 4.34. The number of aliphatic imine (C=N–C) groups is 1. The molecule has 0 aliphatic heterocycles. The van der Waals surface area contributed by atoms with Crippen molar-refractivity contribution in [2.45, 2.75) is 0 Å². The molecule has 1 heteroatoms. The maximum Gasteiger partial charge on any atom is 0.0630 e. The fourth-order valence-corrected chi connectivity index (χ4v) is 1.75. The van der Waals surface area contributed by atoms with Gasteiger partial charge in [-0.25, -0.2) is 0 Å². The Morgan fingerprint density at radius 1 is 0.800 bits per heavy atom. The molecular formula is C19H17N. The van der Waals surface area contributed by atoms with Gasteiger partial charge in [0.1, 0.15) is 0 Å². The van der Waals surface area contributed by atoms with Crippen LogP contribution in [0.2, 0.25) is 0 Å². The summed E-state index contributed by atoms with van der Waals surface area (Å²) >= 11 is 0. The first kappa shape index (κ1) is 13.8. The van der Waals surface area contributed by atoms with Gasteiger partial charge in [-0.3, -0.25) is 4.99 Å². The molecular weight excluding hydrogens is 242 g/mol. The smallest absolute Gasteiger partial charge is 0.0630 e. The predicted octanol–water partition coefficient (Wildman–Crippen LogP) is 5.00. The van der Waals surface area contributed by atoms with Gasteiger partial charge in [0.25, 0.3) is 0 Å². The van der Waals surface area contributed by atoms with Crippen molar-refractivity contribution >= 4 is 17.5 Å². The second-order valence-corrected chi connectivity index (χ2v) is 4.34. The van der Waals surface area contributed by atoms with Crippen molar-refractivity contribution in [3.05, 3.63) is 97.1 Å². The third kappa shape index (κ3) is 3.92. The Morgan fingerprint density at radius 2 is 1.35 bits per heavy atom. The maximum atomic E-state index is 4.31. The number of allylic oxidation sites excluding steroid dienone is 3. The van der Waals surface area contributed by atoms with Gasteiger partial charge in [-0.15, -0.1) is 0 Å². The van der Waals surface area contributed by atoms with Crippen LogP contribution in [-0.2, 0) is 0 Å². The molecule has 0 unspecified atom stereocenters. The minimum absolute atomic E-state index is 0.751. The standard InChI is InChI=1S/C19H17N/c1-16(18-11-5-3-6-12-18)10-9-15-20-17(2)19-13-7-4-8-14-19/h3-15H,1-2H2/b10-9+,20-15?. The zero-order valence-corrected chi connectivity index (χ0v) is 11.4. The van der Waals surface area contributed by atoms with E-state index in [-0.39, 0.29) is 0 Å². The summed E-state index contributed by atoms with van der Waals surface area (Å²) in [7, 11) is 0. The van der Waals surface area contributed by atoms with Crippen LogP contribution in [0.3, 0.4) is 0 Å². The lowest BCUT2D eigenvalue weighted by Gasteiger charge is -1.99. The highest BCUT2D eigenvalue weighted by molar-refractivity contribution is 5.83. The highest BCUT2D eigenvalue weighted by Gasteiger charge is 1.93. The Balaban J connectivity index is 1.95. The molecule has 0 bridgehead atoms. The average Bonchev–Trinajstić information content (AvgIpc) is 2.53. The summed E-state index contributed by atoms with van der Waals surface area (Å²) in [6.07, 6.45) is 5.56. The molecule has 0 fully saturated rings. The Kier molecular flexibility index (Phi) is 4.85. The number of hydrogen-bond acceptors (Lipinski definition) is 1. The molecule has 0 heterocycles. The highest BCUT2D eigenvalue weighted by atomic mass is 14.7. The molecule has 0 spiro atoms. The van der Waals surface area contributed by atoms with Gasteiger partial charge in [0.15, 0.2) is 0 Å². The van der Waals surface area contributed by atoms with Gasteiger partial charge in [-0.05, 0) is 22.8 Å². The molecule has 0 aromatic heterocycles. The van der Waals surface area contributed by atoms with Crippen molar-refractivity contribution in [1.82, 2.24) is 0 Å². The van der Waals surface area contributed by atoms with Crippen molar-refractivity contribution in [2.75, 3.05) is 0 Å². The largest absolute Gasteiger partial charge is 0.257 e. The van der Waals surface area contributed by atoms with Crippen LogP contribution < -0.4 is 0 Å². The Morgan fingerprint density at radius 3 is 1.95 bits per heavy atom. The van der Waals surface area contributed by atoms with E-state index < -0.39 is 0 Å². The van der Waals surface area contributed by atoms with Crippen LogP contribution >= 0.6 is 0 Å². The number of hydrogen-bond donors (Lipinski definition) is 0. The van der Waals surface area contributed by atoms with Gasteiger partial charge in [0.05, 0.1) is 5.70 Å². The first-order valence-corrected chi connectivity index (χ1v) is 6.47. The molecule has 2 rings (SSSR count). The van der Waals surface area contributed by atoms with Crippen molar-refractivity contribution in [2.24, 2.45) is 4.99 Å². The molecule has 0 aliphatic carbocycles. The average molecular weight is 259 g/mol. The zero-order chi connectivity index (χ0) is 14.2. The van der Waals surface area contributed by atoms with Gasteiger partial charge >= 0.3 is 0 Å². The molecule has 0 aliphatic rings. The van der Waals surface area contributed by atoms with E-state index in [2.05, 4.69) is 18.2 Å². The normalized spacial score (nSPS) is 11.0. The second kappa shape index (κ2) is 7.05. The van der Waals surface area contributed by atoms with Crippen LogP contribution in [0.1, 0.15) is 11.1 Å². The maximum absolute atomic E-state index is 4.31. The quantitative estimate of drug-likeness (QED) is 0.529. The van der Waals surface area contributed by atoms with Gasteiger partial charge in [0.2, 0.25) is 0 Å². The van der Waals surface area contributed by atoms with E-state index in [0.29, 0.717) is 0 Å². The third-order valence-electron chi connectivity index (χ3n) is 2.87. The molecule has 20 heavy (non-hydrogen) atoms. The molecule has 2 aromatic carbocycles. The highest BCUT2D eigenvalue weighted by Crippen LogP contribution is 2.13. The summed E-state index contributed by atoms with van der Waals surface area (Å²) in [6, 6.07) is 20.0. The lowest BCUT2D eigenvalue weighted by atomic mass is 10.1. The fraction of sp³-hybridized carbons (Fsp3) is 0. The van der Waals surface area contributed by atoms with Crippen LogP contribution in [0.15, 0.2) is 91.0 Å². The van der Waals surface area contributed by atoms with Crippen LogP contribution in [0.4, 0.5) is 0 Å². The topological polar surface area (TPSA) is 12.4 Å². The van der Waals surface area contributed by atoms with E-state index in [9.17, 15) is 0 Å². The van der Waals surface area contributed by atoms with Gasteiger partial charge < -0.3 is 0 Å². The summed E-state index contributed by atoms with van der Waals surface area (Å²) in [6.45, 7) is 7.97. The molecule has 2 aromatic rings. The molecule has 0 N–H and O–H groups in total. The van der Waals surface area contributed by atoms with E-state index in [4.69, 9.17) is 0 Å². The van der Waals surface area contributed by atoms with Crippen molar-refractivity contribution in [3.8, 4) is 0 Å². The van der Waals surface area contributed by atoms with E-state index in [1.165, 1.54) is 0 Å². The molecule has 0 amide bonds. The summed E-state index contributed by atoms with van der Waals surface area (Å²) in [4.78, 5) is 4.31. The van der Waals surface area contributed by atoms with Crippen LogP contribution in [0.5, 0.6) is 0 Å². The molecule has 1 nitrogen and oxygen atoms in total. The lowest BCUT2D eigenvalue weighted by Crippen LogP contribution is -1.79. The fourth-order valence-electron chi connectivity index (χ4n) is 1.75. The molecule has 0 saturated carbocycles. The number of nitrogens with zero attached hydrogens (tertiary/aromatic N) is 1. The van der Waals surface area contributed by atoms with E-state index >= 15 is 0 Å². The lowest BCUT2D eigenvalue weighted by molar-refractivity contribution is 1.53. The SMILES string of the molecule is C=C(/C=C/C=NC(=C)c1ccccc1)c1ccccc1. The Hall–Kier alpha value is -2.67. The summed E-state index contributed by atoms with van der Waals surface area (Å²) in [5.41, 5.74) is 3.85. The van der Waals surface area contributed by atoms with E-state index in [0.717, 1.165) is 22.4 Å². The van der Waals surface area contributed by atoms with Crippen LogP contribution in [0, 0.1) is 0 Å². The summed E-state index contributed by atoms with van der Waals surface area (Å²) in [5, 5.41) is 0. The van der Waals surface area contributed by atoms with Crippen molar-refractivity contribution in [3.63, 3.8) is 0 Å². The minimum Gasteiger partial charge on any atom is -0.257 e. The first-order valence-electron chi connectivity index (χ1n) is 6.47. The van der Waals surface area contributed by atoms with Gasteiger partial charge in [0, 0.05) is 6.21 Å². The van der Waals surface area contributed by atoms with Crippen LogP contribution in [-0.4, -0.2) is 6.21 Å². The monoisotopic (exact) mass is 259 g/mol. The molecule has 0 atom stereocenters. The van der Waals surface area contributed by atoms with Gasteiger partial charge in [-0.1, -0.05) is 79.9 Å². The van der Waals surface area contributed by atoms with Gasteiger partial charge in [-0.2, -0.15) is 0 Å². The van der Waals surface area contributed by atoms with Crippen molar-refractivity contribution < 1.29 is 0 Å². The van der Waals surface area contributed by atoms with E-state index in [1.54, 1.807) is 6.21 Å². The number of rotatable bonds is 5. The first-order chi connectivity index (χ1) is 9.77. The van der Waals surface area contributed by atoms with Crippen LogP contribution in [0.25, 0.3) is 11.3 Å². The molecule has 0 saturated heterocycles. The molecule has 98 valence electrons. The predicted molar refractivity (Wildman–Crippen MR) is 88.6 cm³/mol. The Bertz CT molecular complexity index is 574.